The summed E-state index contributed by atoms with van der Waals surface area (Å²) in [5.41, 5.74) is -0.00664. The molecule has 2 N–H and O–H groups in total. The molecule has 0 bridgehead atoms. The third-order valence-corrected chi connectivity index (χ3v) is 2.61. The molecule has 1 amide bonds. The number of rotatable bonds is 3. The third kappa shape index (κ3) is 3.31. The van der Waals surface area contributed by atoms with E-state index < -0.39 is 23.6 Å². The molecule has 0 saturated heterocycles. The molecule has 1 aromatic rings. The van der Waals surface area contributed by atoms with Crippen LogP contribution in [0.25, 0.3) is 0 Å². The largest absolute Gasteiger partial charge is 0.481 e. The van der Waals surface area contributed by atoms with Crippen molar-refractivity contribution < 1.29 is 19.1 Å². The standard InChI is InChI=1S/C10H8Cl2FNO3/c1-4(10(16)17)9(15)14-8-6(11)2-5(13)3-7(8)12/h2-4H,1H3,(H,14,15)(H,16,17). The van der Waals surface area contributed by atoms with E-state index in [2.05, 4.69) is 5.32 Å². The van der Waals surface area contributed by atoms with Gasteiger partial charge in [0.25, 0.3) is 0 Å². The van der Waals surface area contributed by atoms with Gasteiger partial charge >= 0.3 is 5.97 Å². The Morgan fingerprint density at radius 2 is 1.82 bits per heavy atom. The number of carbonyl (C=O) groups excluding carboxylic acids is 1. The Hall–Kier alpha value is -1.33. The molecule has 7 heteroatoms. The molecule has 0 aromatic heterocycles. The number of hydrogen-bond acceptors (Lipinski definition) is 2. The topological polar surface area (TPSA) is 66.4 Å². The van der Waals surface area contributed by atoms with Gasteiger partial charge in [-0.2, -0.15) is 0 Å². The van der Waals surface area contributed by atoms with Gasteiger partial charge in [-0.05, 0) is 19.1 Å². The molecule has 1 atom stereocenters. The summed E-state index contributed by atoms with van der Waals surface area (Å²) in [4.78, 5) is 22.0. The van der Waals surface area contributed by atoms with Crippen LogP contribution < -0.4 is 5.32 Å². The molecule has 0 fully saturated rings. The fourth-order valence-electron chi connectivity index (χ4n) is 1.01. The smallest absolute Gasteiger partial charge is 0.315 e. The van der Waals surface area contributed by atoms with E-state index in [1.165, 1.54) is 6.92 Å². The number of hydrogen-bond donors (Lipinski definition) is 2. The van der Waals surface area contributed by atoms with E-state index in [-0.39, 0.29) is 15.7 Å². The summed E-state index contributed by atoms with van der Waals surface area (Å²) in [6.45, 7) is 1.21. The summed E-state index contributed by atoms with van der Waals surface area (Å²) >= 11 is 11.4. The van der Waals surface area contributed by atoms with Crippen LogP contribution in [0.2, 0.25) is 10.0 Å². The third-order valence-electron chi connectivity index (χ3n) is 2.02. The fourth-order valence-corrected chi connectivity index (χ4v) is 1.56. The average Bonchev–Trinajstić information content (AvgIpc) is 2.21. The highest BCUT2D eigenvalue weighted by molar-refractivity contribution is 6.39. The second kappa shape index (κ2) is 5.33. The maximum absolute atomic E-state index is 12.9. The van der Waals surface area contributed by atoms with Gasteiger partial charge < -0.3 is 10.4 Å². The number of anilines is 1. The Morgan fingerprint density at radius 3 is 2.24 bits per heavy atom. The first-order valence-electron chi connectivity index (χ1n) is 4.51. The molecule has 1 rings (SSSR count). The molecule has 0 aliphatic carbocycles. The Bertz CT molecular complexity index is 456. The van der Waals surface area contributed by atoms with Gasteiger partial charge in [0.05, 0.1) is 15.7 Å². The maximum Gasteiger partial charge on any atom is 0.315 e. The summed E-state index contributed by atoms with van der Waals surface area (Å²) in [6, 6.07) is 1.93. The van der Waals surface area contributed by atoms with E-state index in [4.69, 9.17) is 28.3 Å². The van der Waals surface area contributed by atoms with E-state index in [0.717, 1.165) is 12.1 Å². The Balaban J connectivity index is 2.96. The highest BCUT2D eigenvalue weighted by Crippen LogP contribution is 2.31. The van der Waals surface area contributed by atoms with Gasteiger partial charge in [-0.25, -0.2) is 4.39 Å². The van der Waals surface area contributed by atoms with Crippen molar-refractivity contribution in [3.63, 3.8) is 0 Å². The van der Waals surface area contributed by atoms with Crippen molar-refractivity contribution in [1.29, 1.82) is 0 Å². The predicted molar refractivity (Wildman–Crippen MR) is 61.8 cm³/mol. The van der Waals surface area contributed by atoms with Gasteiger partial charge in [-0.1, -0.05) is 23.2 Å². The van der Waals surface area contributed by atoms with E-state index >= 15 is 0 Å². The van der Waals surface area contributed by atoms with E-state index in [0.29, 0.717) is 0 Å². The second-order valence-electron chi connectivity index (χ2n) is 3.29. The van der Waals surface area contributed by atoms with E-state index in [9.17, 15) is 14.0 Å². The summed E-state index contributed by atoms with van der Waals surface area (Å²) in [5.74, 6) is -3.97. The minimum Gasteiger partial charge on any atom is -0.481 e. The molecule has 0 radical (unpaired) electrons. The van der Waals surface area contributed by atoms with Gasteiger partial charge in [-0.15, -0.1) is 0 Å². The molecule has 0 aliphatic heterocycles. The first-order chi connectivity index (χ1) is 7.82. The minimum absolute atomic E-state index is 0.00664. The highest BCUT2D eigenvalue weighted by Gasteiger charge is 2.22. The van der Waals surface area contributed by atoms with Gasteiger partial charge in [-0.3, -0.25) is 9.59 Å². The SMILES string of the molecule is CC(C(=O)O)C(=O)Nc1c(Cl)cc(F)cc1Cl. The molecule has 4 nitrogen and oxygen atoms in total. The maximum atomic E-state index is 12.9. The van der Waals surface area contributed by atoms with Crippen LogP contribution in [0.1, 0.15) is 6.92 Å². The van der Waals surface area contributed by atoms with E-state index in [1.807, 2.05) is 0 Å². The molecule has 1 aromatic carbocycles. The summed E-state index contributed by atoms with van der Waals surface area (Å²) in [5, 5.41) is 10.7. The van der Waals surface area contributed by atoms with Crippen LogP contribution in [0.3, 0.4) is 0 Å². The first-order valence-corrected chi connectivity index (χ1v) is 5.26. The predicted octanol–water partition coefficient (Wildman–Crippen LogP) is 2.79. The lowest BCUT2D eigenvalue weighted by Gasteiger charge is -2.11. The van der Waals surface area contributed by atoms with Crippen LogP contribution in [0, 0.1) is 11.7 Å². The Kier molecular flexibility index (Phi) is 4.31. The summed E-state index contributed by atoms with van der Waals surface area (Å²) < 4.78 is 12.9. The van der Waals surface area contributed by atoms with Gasteiger partial charge in [0.1, 0.15) is 11.7 Å². The highest BCUT2D eigenvalue weighted by atomic mass is 35.5. The molecule has 0 aliphatic rings. The number of carboxylic acid groups (broad SMARTS) is 1. The fraction of sp³-hybridized carbons (Fsp3) is 0.200. The van der Waals surface area contributed by atoms with Gasteiger partial charge in [0.15, 0.2) is 0 Å². The van der Waals surface area contributed by atoms with Crippen LogP contribution in [0.4, 0.5) is 10.1 Å². The van der Waals surface area contributed by atoms with Crippen LogP contribution >= 0.6 is 23.2 Å². The number of carboxylic acids is 1. The zero-order valence-corrected chi connectivity index (χ0v) is 10.1. The molecule has 0 spiro atoms. The van der Waals surface area contributed by atoms with Crippen LogP contribution in [-0.2, 0) is 9.59 Å². The number of aliphatic carboxylic acids is 1. The molecule has 92 valence electrons. The Labute approximate surface area is 106 Å². The van der Waals surface area contributed by atoms with Crippen LogP contribution in [0.15, 0.2) is 12.1 Å². The van der Waals surface area contributed by atoms with Crippen molar-refractivity contribution in [1.82, 2.24) is 0 Å². The summed E-state index contributed by atoms with van der Waals surface area (Å²) in [7, 11) is 0. The van der Waals surface area contributed by atoms with Crippen molar-refractivity contribution in [2.75, 3.05) is 5.32 Å². The number of nitrogens with one attached hydrogen (secondary N) is 1. The van der Waals surface area contributed by atoms with Gasteiger partial charge in [0.2, 0.25) is 5.91 Å². The number of halogens is 3. The first kappa shape index (κ1) is 13.7. The van der Waals surface area contributed by atoms with Crippen molar-refractivity contribution >= 4 is 40.8 Å². The number of carbonyl (C=O) groups is 2. The monoisotopic (exact) mass is 279 g/mol. The van der Waals surface area contributed by atoms with Crippen molar-refractivity contribution in [2.24, 2.45) is 5.92 Å². The quantitative estimate of drug-likeness (QED) is 0.836. The lowest BCUT2D eigenvalue weighted by Crippen LogP contribution is -2.27. The normalized spacial score (nSPS) is 12.0. The molecular weight excluding hydrogens is 272 g/mol. The summed E-state index contributed by atoms with van der Waals surface area (Å²) in [6.07, 6.45) is 0. The van der Waals surface area contributed by atoms with Gasteiger partial charge in [0, 0.05) is 0 Å². The zero-order valence-electron chi connectivity index (χ0n) is 8.63. The van der Waals surface area contributed by atoms with Crippen molar-refractivity contribution in [3.8, 4) is 0 Å². The number of amides is 1. The molecule has 0 saturated carbocycles. The molecule has 17 heavy (non-hydrogen) atoms. The van der Waals surface area contributed by atoms with Crippen molar-refractivity contribution in [2.45, 2.75) is 6.92 Å². The Morgan fingerprint density at radius 1 is 1.35 bits per heavy atom. The van der Waals surface area contributed by atoms with Crippen LogP contribution in [0.5, 0.6) is 0 Å². The lowest BCUT2D eigenvalue weighted by molar-refractivity contribution is -0.144. The average molecular weight is 280 g/mol. The molecule has 1 unspecified atom stereocenters. The number of benzene rings is 1. The molecule has 0 heterocycles. The molecular formula is C10H8Cl2FNO3. The lowest BCUT2D eigenvalue weighted by atomic mass is 10.1. The van der Waals surface area contributed by atoms with Crippen molar-refractivity contribution in [3.05, 3.63) is 28.0 Å². The second-order valence-corrected chi connectivity index (χ2v) is 4.11. The zero-order chi connectivity index (χ0) is 13.2. The van der Waals surface area contributed by atoms with Crippen LogP contribution in [-0.4, -0.2) is 17.0 Å². The minimum atomic E-state index is -1.28. The van der Waals surface area contributed by atoms with E-state index in [1.54, 1.807) is 0 Å².